The molecule has 3 rings (SSSR count). The van der Waals surface area contributed by atoms with Crippen LogP contribution in [0.3, 0.4) is 0 Å². The summed E-state index contributed by atoms with van der Waals surface area (Å²) >= 11 is 12.1. The third kappa shape index (κ3) is 3.56. The van der Waals surface area contributed by atoms with E-state index in [2.05, 4.69) is 5.32 Å². The molecule has 0 aromatic heterocycles. The van der Waals surface area contributed by atoms with E-state index in [1.54, 1.807) is 36.4 Å². The minimum Gasteiger partial charge on any atom is -0.317 e. The minimum absolute atomic E-state index is 0.297. The number of sulfone groups is 1. The summed E-state index contributed by atoms with van der Waals surface area (Å²) in [5.41, 5.74) is 1.71. The van der Waals surface area contributed by atoms with Crippen molar-refractivity contribution in [2.24, 2.45) is 0 Å². The second kappa shape index (κ2) is 6.81. The standard InChI is InChI=1S/C17H17Cl2NO2S/c18-13-3-6-16(17(19)11-13)12-1-4-14(5-2-12)23(21,22)15-7-9-20-10-8-15/h1-6,11,15,20H,7-10H2. The van der Waals surface area contributed by atoms with Gasteiger partial charge in [-0.25, -0.2) is 8.42 Å². The molecule has 1 heterocycles. The highest BCUT2D eigenvalue weighted by atomic mass is 35.5. The topological polar surface area (TPSA) is 46.2 Å². The summed E-state index contributed by atoms with van der Waals surface area (Å²) in [6.07, 6.45) is 1.32. The fourth-order valence-electron chi connectivity index (χ4n) is 2.85. The van der Waals surface area contributed by atoms with Gasteiger partial charge in [0.2, 0.25) is 0 Å². The summed E-state index contributed by atoms with van der Waals surface area (Å²) in [4.78, 5) is 0.373. The first-order chi connectivity index (χ1) is 11.0. The van der Waals surface area contributed by atoms with Crippen LogP contribution in [0.25, 0.3) is 11.1 Å². The van der Waals surface area contributed by atoms with Gasteiger partial charge in [-0.05, 0) is 55.8 Å². The summed E-state index contributed by atoms with van der Waals surface area (Å²) in [6, 6.07) is 12.2. The van der Waals surface area contributed by atoms with Crippen molar-refractivity contribution in [1.82, 2.24) is 5.32 Å². The maximum Gasteiger partial charge on any atom is 0.181 e. The van der Waals surface area contributed by atoms with Gasteiger partial charge in [-0.2, -0.15) is 0 Å². The quantitative estimate of drug-likeness (QED) is 0.882. The molecule has 0 unspecified atom stereocenters. The molecule has 1 aliphatic heterocycles. The third-order valence-electron chi connectivity index (χ3n) is 4.15. The molecular weight excluding hydrogens is 353 g/mol. The summed E-state index contributed by atoms with van der Waals surface area (Å²) in [5, 5.41) is 4.01. The lowest BCUT2D eigenvalue weighted by Crippen LogP contribution is -2.35. The summed E-state index contributed by atoms with van der Waals surface area (Å²) in [6.45, 7) is 1.50. The van der Waals surface area contributed by atoms with Crippen molar-refractivity contribution < 1.29 is 8.42 Å². The second-order valence-electron chi connectivity index (χ2n) is 5.64. The van der Waals surface area contributed by atoms with Gasteiger partial charge in [-0.15, -0.1) is 0 Å². The van der Waals surface area contributed by atoms with Crippen LogP contribution in [0.5, 0.6) is 0 Å². The molecule has 0 bridgehead atoms. The maximum atomic E-state index is 12.7. The van der Waals surface area contributed by atoms with E-state index in [9.17, 15) is 8.42 Å². The van der Waals surface area contributed by atoms with Crippen LogP contribution in [0.4, 0.5) is 0 Å². The van der Waals surface area contributed by atoms with Gasteiger partial charge in [-0.3, -0.25) is 0 Å². The molecule has 2 aromatic carbocycles. The molecule has 23 heavy (non-hydrogen) atoms. The number of hydrogen-bond donors (Lipinski definition) is 1. The average Bonchev–Trinajstić information content (AvgIpc) is 2.56. The molecule has 0 spiro atoms. The van der Waals surface area contributed by atoms with Crippen LogP contribution in [-0.4, -0.2) is 26.8 Å². The van der Waals surface area contributed by atoms with Crippen LogP contribution >= 0.6 is 23.2 Å². The van der Waals surface area contributed by atoms with Gasteiger partial charge in [0.05, 0.1) is 10.1 Å². The molecule has 1 aliphatic rings. The summed E-state index contributed by atoms with van der Waals surface area (Å²) in [7, 11) is -3.27. The predicted molar refractivity (Wildman–Crippen MR) is 95.0 cm³/mol. The van der Waals surface area contributed by atoms with Gasteiger partial charge in [0, 0.05) is 15.6 Å². The lowest BCUT2D eigenvalue weighted by Gasteiger charge is -2.22. The molecule has 1 fully saturated rings. The molecule has 122 valence electrons. The fourth-order valence-corrected chi connectivity index (χ4v) is 5.12. The Kier molecular flexibility index (Phi) is 4.97. The number of benzene rings is 2. The minimum atomic E-state index is -3.27. The zero-order valence-electron chi connectivity index (χ0n) is 12.4. The summed E-state index contributed by atoms with van der Waals surface area (Å²) in [5.74, 6) is 0. The van der Waals surface area contributed by atoms with E-state index in [4.69, 9.17) is 23.2 Å². The van der Waals surface area contributed by atoms with E-state index in [1.807, 2.05) is 6.07 Å². The Morgan fingerprint density at radius 2 is 1.61 bits per heavy atom. The van der Waals surface area contributed by atoms with E-state index < -0.39 is 9.84 Å². The van der Waals surface area contributed by atoms with Gasteiger partial charge in [0.1, 0.15) is 0 Å². The Labute approximate surface area is 146 Å². The van der Waals surface area contributed by atoms with Crippen LogP contribution < -0.4 is 5.32 Å². The molecule has 1 N–H and O–H groups in total. The van der Waals surface area contributed by atoms with Gasteiger partial charge in [0.25, 0.3) is 0 Å². The number of halogens is 2. The van der Waals surface area contributed by atoms with Crippen molar-refractivity contribution >= 4 is 33.0 Å². The lowest BCUT2D eigenvalue weighted by molar-refractivity contribution is 0.496. The van der Waals surface area contributed by atoms with E-state index in [0.717, 1.165) is 24.2 Å². The molecule has 1 saturated heterocycles. The molecule has 2 aromatic rings. The summed E-state index contributed by atoms with van der Waals surface area (Å²) < 4.78 is 25.4. The van der Waals surface area contributed by atoms with Crippen LogP contribution in [0.1, 0.15) is 12.8 Å². The number of rotatable bonds is 3. The first-order valence-corrected chi connectivity index (χ1v) is 9.79. The Morgan fingerprint density at radius 1 is 0.957 bits per heavy atom. The molecule has 0 saturated carbocycles. The number of piperidine rings is 1. The third-order valence-corrected chi connectivity index (χ3v) is 6.98. The van der Waals surface area contributed by atoms with Crippen LogP contribution in [0.2, 0.25) is 10.0 Å². The first kappa shape index (κ1) is 16.8. The number of nitrogens with one attached hydrogen (secondary N) is 1. The van der Waals surface area contributed by atoms with Crippen molar-refractivity contribution in [1.29, 1.82) is 0 Å². The highest BCUT2D eigenvalue weighted by Crippen LogP contribution is 2.31. The molecule has 0 amide bonds. The van der Waals surface area contributed by atoms with Gasteiger partial charge in [-0.1, -0.05) is 41.4 Å². The Balaban J connectivity index is 1.89. The lowest BCUT2D eigenvalue weighted by atomic mass is 10.1. The SMILES string of the molecule is O=S(=O)(c1ccc(-c2ccc(Cl)cc2Cl)cc1)C1CCNCC1. The largest absolute Gasteiger partial charge is 0.317 e. The van der Waals surface area contributed by atoms with Crippen LogP contribution in [0.15, 0.2) is 47.4 Å². The fraction of sp³-hybridized carbons (Fsp3) is 0.294. The Hall–Kier alpha value is -1.07. The zero-order valence-corrected chi connectivity index (χ0v) is 14.8. The van der Waals surface area contributed by atoms with Crippen molar-refractivity contribution in [3.63, 3.8) is 0 Å². The first-order valence-electron chi connectivity index (χ1n) is 7.48. The second-order valence-corrected chi connectivity index (χ2v) is 8.71. The monoisotopic (exact) mass is 369 g/mol. The predicted octanol–water partition coefficient (Wildman–Crippen LogP) is 4.19. The van der Waals surface area contributed by atoms with Crippen LogP contribution in [0, 0.1) is 0 Å². The Morgan fingerprint density at radius 3 is 2.22 bits per heavy atom. The Bertz CT molecular complexity index is 798. The van der Waals surface area contributed by atoms with E-state index >= 15 is 0 Å². The molecule has 0 aliphatic carbocycles. The van der Waals surface area contributed by atoms with Gasteiger partial charge >= 0.3 is 0 Å². The van der Waals surface area contributed by atoms with Gasteiger partial charge in [0.15, 0.2) is 9.84 Å². The number of hydrogen-bond acceptors (Lipinski definition) is 3. The molecule has 0 atom stereocenters. The van der Waals surface area contributed by atoms with Crippen molar-refractivity contribution in [2.45, 2.75) is 23.0 Å². The van der Waals surface area contributed by atoms with Crippen molar-refractivity contribution in [3.05, 3.63) is 52.5 Å². The molecule has 3 nitrogen and oxygen atoms in total. The molecule has 6 heteroatoms. The normalized spacial score (nSPS) is 16.4. The van der Waals surface area contributed by atoms with E-state index in [0.29, 0.717) is 27.8 Å². The van der Waals surface area contributed by atoms with Crippen molar-refractivity contribution in [3.8, 4) is 11.1 Å². The highest BCUT2D eigenvalue weighted by molar-refractivity contribution is 7.92. The maximum absolute atomic E-state index is 12.7. The average molecular weight is 370 g/mol. The smallest absolute Gasteiger partial charge is 0.181 e. The van der Waals surface area contributed by atoms with Crippen molar-refractivity contribution in [2.75, 3.05) is 13.1 Å². The molecular formula is C17H17Cl2NO2S. The molecule has 0 radical (unpaired) electrons. The van der Waals surface area contributed by atoms with Crippen LogP contribution in [-0.2, 0) is 9.84 Å². The highest BCUT2D eigenvalue weighted by Gasteiger charge is 2.28. The van der Waals surface area contributed by atoms with E-state index in [1.165, 1.54) is 0 Å². The zero-order chi connectivity index (χ0) is 16.4. The van der Waals surface area contributed by atoms with E-state index in [-0.39, 0.29) is 5.25 Å². The van der Waals surface area contributed by atoms with Gasteiger partial charge < -0.3 is 5.32 Å².